The molecular formula is C17H13F3N2O4. The molecule has 0 radical (unpaired) electrons. The summed E-state index contributed by atoms with van der Waals surface area (Å²) in [5.74, 6) is -0.923. The van der Waals surface area contributed by atoms with Crippen LogP contribution in [0.1, 0.15) is 10.4 Å². The van der Waals surface area contributed by atoms with Crippen LogP contribution in [-0.2, 0) is 4.74 Å². The zero-order chi connectivity index (χ0) is 18.7. The molecular weight excluding hydrogens is 353 g/mol. The average molecular weight is 366 g/mol. The van der Waals surface area contributed by atoms with E-state index in [1.54, 1.807) is 24.3 Å². The molecule has 0 saturated carbocycles. The lowest BCUT2D eigenvalue weighted by Crippen LogP contribution is -2.23. The van der Waals surface area contributed by atoms with Crippen LogP contribution in [0.3, 0.4) is 0 Å². The van der Waals surface area contributed by atoms with Gasteiger partial charge < -0.3 is 14.8 Å². The molecule has 0 unspecified atom stereocenters. The normalized spacial score (nSPS) is 14.1. The number of nitrogens with one attached hydrogen (secondary N) is 1. The van der Waals surface area contributed by atoms with Crippen molar-refractivity contribution in [1.29, 1.82) is 0 Å². The maximum atomic E-state index is 12.2. The largest absolute Gasteiger partial charge is 0.573 e. The fraction of sp³-hybridized carbons (Fsp3) is 0.176. The SMILES string of the molecule is O=C(Nc1cccc(N2CCOC2=O)c1)c1ccc(OC(F)(F)F)cc1. The molecule has 2 aromatic rings. The number of hydrogen-bond acceptors (Lipinski definition) is 4. The smallest absolute Gasteiger partial charge is 0.447 e. The third-order valence-corrected chi connectivity index (χ3v) is 3.53. The van der Waals surface area contributed by atoms with E-state index in [2.05, 4.69) is 10.1 Å². The number of halogens is 3. The molecule has 1 aliphatic rings. The van der Waals surface area contributed by atoms with Gasteiger partial charge in [0.15, 0.2) is 0 Å². The molecule has 1 saturated heterocycles. The van der Waals surface area contributed by atoms with Crippen molar-refractivity contribution in [2.75, 3.05) is 23.4 Å². The molecule has 2 aromatic carbocycles. The molecule has 3 rings (SSSR count). The van der Waals surface area contributed by atoms with E-state index in [0.29, 0.717) is 24.5 Å². The van der Waals surface area contributed by atoms with Crippen LogP contribution in [0.4, 0.5) is 29.3 Å². The van der Waals surface area contributed by atoms with Gasteiger partial charge in [0.05, 0.1) is 6.54 Å². The number of benzene rings is 2. The third kappa shape index (κ3) is 4.24. The molecule has 0 atom stereocenters. The predicted octanol–water partition coefficient (Wildman–Crippen LogP) is 3.79. The molecule has 0 aromatic heterocycles. The Morgan fingerprint density at radius 2 is 1.88 bits per heavy atom. The van der Waals surface area contributed by atoms with Gasteiger partial charge in [-0.15, -0.1) is 13.2 Å². The van der Waals surface area contributed by atoms with Crippen LogP contribution in [-0.4, -0.2) is 31.5 Å². The van der Waals surface area contributed by atoms with Gasteiger partial charge in [-0.2, -0.15) is 0 Å². The van der Waals surface area contributed by atoms with Crippen molar-refractivity contribution in [3.63, 3.8) is 0 Å². The number of nitrogens with zero attached hydrogens (tertiary/aromatic N) is 1. The molecule has 26 heavy (non-hydrogen) atoms. The monoisotopic (exact) mass is 366 g/mol. The van der Waals surface area contributed by atoms with E-state index in [1.165, 1.54) is 17.0 Å². The van der Waals surface area contributed by atoms with Gasteiger partial charge in [0.1, 0.15) is 12.4 Å². The van der Waals surface area contributed by atoms with Gasteiger partial charge in [0.25, 0.3) is 5.91 Å². The Morgan fingerprint density at radius 3 is 2.50 bits per heavy atom. The van der Waals surface area contributed by atoms with E-state index in [-0.39, 0.29) is 5.56 Å². The first-order chi connectivity index (χ1) is 12.3. The summed E-state index contributed by atoms with van der Waals surface area (Å²) in [6.07, 6.45) is -5.25. The average Bonchev–Trinajstić information content (AvgIpc) is 3.00. The van der Waals surface area contributed by atoms with Crippen LogP contribution >= 0.6 is 0 Å². The van der Waals surface area contributed by atoms with E-state index in [1.807, 2.05) is 0 Å². The highest BCUT2D eigenvalue weighted by Crippen LogP contribution is 2.24. The molecule has 1 aliphatic heterocycles. The van der Waals surface area contributed by atoms with Crippen molar-refractivity contribution in [3.8, 4) is 5.75 Å². The van der Waals surface area contributed by atoms with Crippen LogP contribution in [0, 0.1) is 0 Å². The fourth-order valence-electron chi connectivity index (χ4n) is 2.39. The molecule has 1 fully saturated rings. The van der Waals surface area contributed by atoms with Gasteiger partial charge in [0, 0.05) is 16.9 Å². The van der Waals surface area contributed by atoms with Crippen molar-refractivity contribution in [1.82, 2.24) is 0 Å². The van der Waals surface area contributed by atoms with Gasteiger partial charge in [-0.3, -0.25) is 9.69 Å². The molecule has 9 heteroatoms. The maximum absolute atomic E-state index is 12.2. The Balaban J connectivity index is 1.69. The lowest BCUT2D eigenvalue weighted by Gasteiger charge is -2.14. The number of carbonyl (C=O) groups excluding carboxylic acids is 2. The van der Waals surface area contributed by atoms with Crippen LogP contribution in [0.2, 0.25) is 0 Å². The molecule has 1 N–H and O–H groups in total. The van der Waals surface area contributed by atoms with Gasteiger partial charge >= 0.3 is 12.5 Å². The van der Waals surface area contributed by atoms with Crippen LogP contribution in [0.25, 0.3) is 0 Å². The second-order valence-electron chi connectivity index (χ2n) is 5.34. The number of alkyl halides is 3. The Kier molecular flexibility index (Phi) is 4.70. The molecule has 1 heterocycles. The number of carbonyl (C=O) groups is 2. The first kappa shape index (κ1) is 17.6. The van der Waals surface area contributed by atoms with Gasteiger partial charge in [-0.25, -0.2) is 4.79 Å². The predicted molar refractivity (Wildman–Crippen MR) is 86.2 cm³/mol. The van der Waals surface area contributed by atoms with Crippen molar-refractivity contribution < 1.29 is 32.2 Å². The summed E-state index contributed by atoms with van der Waals surface area (Å²) >= 11 is 0. The molecule has 2 amide bonds. The van der Waals surface area contributed by atoms with Gasteiger partial charge in [0.2, 0.25) is 0 Å². The Bertz CT molecular complexity index is 822. The first-order valence-corrected chi connectivity index (χ1v) is 7.53. The summed E-state index contributed by atoms with van der Waals surface area (Å²) in [6.45, 7) is 0.707. The van der Waals surface area contributed by atoms with Crippen LogP contribution < -0.4 is 15.0 Å². The molecule has 6 nitrogen and oxygen atoms in total. The van der Waals surface area contributed by atoms with E-state index in [9.17, 15) is 22.8 Å². The Morgan fingerprint density at radius 1 is 1.15 bits per heavy atom. The number of amides is 2. The summed E-state index contributed by atoms with van der Waals surface area (Å²) in [4.78, 5) is 25.2. The topological polar surface area (TPSA) is 67.9 Å². The van der Waals surface area contributed by atoms with Gasteiger partial charge in [-0.1, -0.05) is 6.07 Å². The van der Waals surface area contributed by atoms with Crippen molar-refractivity contribution in [2.45, 2.75) is 6.36 Å². The molecule has 0 spiro atoms. The number of hydrogen-bond donors (Lipinski definition) is 1. The number of rotatable bonds is 4. The summed E-state index contributed by atoms with van der Waals surface area (Å²) < 4.78 is 45.0. The highest BCUT2D eigenvalue weighted by atomic mass is 19.4. The van der Waals surface area contributed by atoms with E-state index < -0.39 is 24.1 Å². The minimum Gasteiger partial charge on any atom is -0.447 e. The van der Waals surface area contributed by atoms with Crippen molar-refractivity contribution >= 4 is 23.4 Å². The van der Waals surface area contributed by atoms with Gasteiger partial charge in [-0.05, 0) is 42.5 Å². The summed E-state index contributed by atoms with van der Waals surface area (Å²) in [6, 6.07) is 11.1. The maximum Gasteiger partial charge on any atom is 0.573 e. The molecule has 136 valence electrons. The summed E-state index contributed by atoms with van der Waals surface area (Å²) in [5, 5.41) is 2.62. The number of cyclic esters (lactones) is 1. The molecule has 0 bridgehead atoms. The summed E-state index contributed by atoms with van der Waals surface area (Å²) in [5.41, 5.74) is 1.16. The lowest BCUT2D eigenvalue weighted by molar-refractivity contribution is -0.274. The molecule has 0 aliphatic carbocycles. The van der Waals surface area contributed by atoms with Crippen LogP contribution in [0.5, 0.6) is 5.75 Å². The van der Waals surface area contributed by atoms with Crippen molar-refractivity contribution in [2.24, 2.45) is 0 Å². The standard InChI is InChI=1S/C17H13F3N2O4/c18-17(19,20)26-14-6-4-11(5-7-14)15(23)21-12-2-1-3-13(10-12)22-8-9-25-16(22)24/h1-7,10H,8-9H2,(H,21,23). The lowest BCUT2D eigenvalue weighted by atomic mass is 10.2. The minimum atomic E-state index is -4.79. The minimum absolute atomic E-state index is 0.158. The zero-order valence-corrected chi connectivity index (χ0v) is 13.2. The first-order valence-electron chi connectivity index (χ1n) is 7.53. The Labute approximate surface area is 146 Å². The third-order valence-electron chi connectivity index (χ3n) is 3.53. The van der Waals surface area contributed by atoms with E-state index in [0.717, 1.165) is 12.1 Å². The highest BCUT2D eigenvalue weighted by Gasteiger charge is 2.31. The number of ether oxygens (including phenoxy) is 2. The second kappa shape index (κ2) is 6.95. The fourth-order valence-corrected chi connectivity index (χ4v) is 2.39. The quantitative estimate of drug-likeness (QED) is 0.894. The Hall–Kier alpha value is -3.23. The van der Waals surface area contributed by atoms with E-state index >= 15 is 0 Å². The second-order valence-corrected chi connectivity index (χ2v) is 5.34. The number of anilines is 2. The van der Waals surface area contributed by atoms with Crippen LogP contribution in [0.15, 0.2) is 48.5 Å². The highest BCUT2D eigenvalue weighted by molar-refractivity contribution is 6.04. The zero-order valence-electron chi connectivity index (χ0n) is 13.2. The van der Waals surface area contributed by atoms with Crippen molar-refractivity contribution in [3.05, 3.63) is 54.1 Å². The summed E-state index contributed by atoms with van der Waals surface area (Å²) in [7, 11) is 0. The van der Waals surface area contributed by atoms with E-state index in [4.69, 9.17) is 4.74 Å².